The first-order valence-corrected chi connectivity index (χ1v) is 8.84. The van der Waals surface area contributed by atoms with E-state index >= 15 is 0 Å². The molecule has 2 aromatic heterocycles. The Labute approximate surface area is 157 Å². The van der Waals surface area contributed by atoms with Gasteiger partial charge in [-0.1, -0.05) is 30.3 Å². The van der Waals surface area contributed by atoms with Crippen LogP contribution in [-0.4, -0.2) is 20.9 Å². The summed E-state index contributed by atoms with van der Waals surface area (Å²) in [5.41, 5.74) is 6.83. The number of benzene rings is 2. The number of hydrogen-bond acceptors (Lipinski definition) is 3. The number of amides is 1. The molecule has 0 aliphatic heterocycles. The van der Waals surface area contributed by atoms with Crippen molar-refractivity contribution in [3.05, 3.63) is 83.4 Å². The second kappa shape index (κ2) is 7.03. The lowest BCUT2D eigenvalue weighted by molar-refractivity contribution is 0.0949. The Morgan fingerprint density at radius 3 is 2.78 bits per heavy atom. The summed E-state index contributed by atoms with van der Waals surface area (Å²) in [6.07, 6.45) is 2.99. The molecule has 0 bridgehead atoms. The Morgan fingerprint density at radius 2 is 1.96 bits per heavy atom. The van der Waals surface area contributed by atoms with Gasteiger partial charge in [0.15, 0.2) is 0 Å². The van der Waals surface area contributed by atoms with E-state index in [1.807, 2.05) is 18.2 Å². The molecule has 0 radical (unpaired) electrons. The molecule has 134 valence electrons. The van der Waals surface area contributed by atoms with Crippen molar-refractivity contribution in [1.29, 1.82) is 0 Å². The number of rotatable bonds is 4. The maximum Gasteiger partial charge on any atom is 0.254 e. The maximum atomic E-state index is 12.3. The summed E-state index contributed by atoms with van der Waals surface area (Å²) in [4.78, 5) is 23.8. The van der Waals surface area contributed by atoms with Crippen LogP contribution in [0.2, 0.25) is 0 Å². The molecule has 0 saturated carbocycles. The van der Waals surface area contributed by atoms with E-state index in [2.05, 4.69) is 57.5 Å². The van der Waals surface area contributed by atoms with Crippen LogP contribution in [0.5, 0.6) is 0 Å². The van der Waals surface area contributed by atoms with Crippen molar-refractivity contribution in [2.45, 2.75) is 20.4 Å². The largest absolute Gasteiger partial charge is 0.355 e. The highest BCUT2D eigenvalue weighted by atomic mass is 16.1. The number of carbonyl (C=O) groups excluding carboxylic acids is 1. The molecule has 4 rings (SSSR count). The molecule has 2 heterocycles. The highest BCUT2D eigenvalue weighted by Crippen LogP contribution is 2.27. The Balaban J connectivity index is 1.55. The van der Waals surface area contributed by atoms with E-state index in [1.165, 1.54) is 17.5 Å². The minimum absolute atomic E-state index is 0.164. The first kappa shape index (κ1) is 17.0. The van der Waals surface area contributed by atoms with E-state index in [9.17, 15) is 4.79 Å². The van der Waals surface area contributed by atoms with Crippen molar-refractivity contribution in [3.63, 3.8) is 0 Å². The van der Waals surface area contributed by atoms with Gasteiger partial charge in [0.1, 0.15) is 6.33 Å². The molecule has 0 aliphatic rings. The third-order valence-corrected chi connectivity index (χ3v) is 4.73. The third kappa shape index (κ3) is 3.44. The van der Waals surface area contributed by atoms with Crippen molar-refractivity contribution < 1.29 is 4.79 Å². The van der Waals surface area contributed by atoms with Gasteiger partial charge in [0.05, 0.1) is 11.3 Å². The van der Waals surface area contributed by atoms with E-state index in [4.69, 9.17) is 0 Å². The van der Waals surface area contributed by atoms with E-state index in [1.54, 1.807) is 13.1 Å². The van der Waals surface area contributed by atoms with Gasteiger partial charge in [-0.15, -0.1) is 0 Å². The molecule has 0 unspecified atom stereocenters. The van der Waals surface area contributed by atoms with Crippen LogP contribution in [0.1, 0.15) is 27.2 Å². The number of aromatic nitrogens is 3. The predicted octanol–water partition coefficient (Wildman–Crippen LogP) is 4.17. The molecule has 0 saturated heterocycles. The molecule has 5 nitrogen and oxygen atoms in total. The highest BCUT2D eigenvalue weighted by Gasteiger charge is 2.10. The monoisotopic (exact) mass is 356 g/mol. The lowest BCUT2D eigenvalue weighted by Crippen LogP contribution is -2.24. The van der Waals surface area contributed by atoms with E-state index in [-0.39, 0.29) is 5.91 Å². The van der Waals surface area contributed by atoms with E-state index in [0.29, 0.717) is 17.8 Å². The Kier molecular flexibility index (Phi) is 4.42. The molecular weight excluding hydrogens is 336 g/mol. The lowest BCUT2D eigenvalue weighted by atomic mass is 10.1. The number of aromatic amines is 1. The molecular formula is C22H20N4O. The van der Waals surface area contributed by atoms with Gasteiger partial charge < -0.3 is 10.3 Å². The predicted molar refractivity (Wildman–Crippen MR) is 106 cm³/mol. The molecule has 27 heavy (non-hydrogen) atoms. The van der Waals surface area contributed by atoms with Crippen molar-refractivity contribution in [1.82, 2.24) is 20.3 Å². The number of nitrogens with zero attached hydrogens (tertiary/aromatic N) is 2. The van der Waals surface area contributed by atoms with Crippen molar-refractivity contribution in [3.8, 4) is 11.3 Å². The Hall–Kier alpha value is -3.47. The minimum Gasteiger partial charge on any atom is -0.355 e. The van der Waals surface area contributed by atoms with Crippen molar-refractivity contribution in [2.24, 2.45) is 0 Å². The quantitative estimate of drug-likeness (QED) is 0.576. The fraction of sp³-hybridized carbons (Fsp3) is 0.136. The van der Waals surface area contributed by atoms with Gasteiger partial charge in [0.2, 0.25) is 0 Å². The van der Waals surface area contributed by atoms with Crippen LogP contribution in [0.15, 0.2) is 61.1 Å². The summed E-state index contributed by atoms with van der Waals surface area (Å²) < 4.78 is 0. The van der Waals surface area contributed by atoms with Gasteiger partial charge in [-0.3, -0.25) is 4.79 Å². The summed E-state index contributed by atoms with van der Waals surface area (Å²) in [6, 6.07) is 16.6. The average molecular weight is 356 g/mol. The summed E-state index contributed by atoms with van der Waals surface area (Å²) in [5, 5.41) is 4.06. The van der Waals surface area contributed by atoms with Crippen LogP contribution in [0.4, 0.5) is 0 Å². The number of nitrogens with one attached hydrogen (secondary N) is 2. The highest BCUT2D eigenvalue weighted by molar-refractivity contribution is 5.95. The van der Waals surface area contributed by atoms with Gasteiger partial charge in [-0.2, -0.15) is 0 Å². The van der Waals surface area contributed by atoms with Gasteiger partial charge in [-0.05, 0) is 43.2 Å². The fourth-order valence-electron chi connectivity index (χ4n) is 3.20. The van der Waals surface area contributed by atoms with Crippen LogP contribution in [0, 0.1) is 13.8 Å². The number of hydrogen-bond donors (Lipinski definition) is 2. The molecule has 0 spiro atoms. The molecule has 2 N–H and O–H groups in total. The van der Waals surface area contributed by atoms with Crippen LogP contribution in [0.25, 0.3) is 22.2 Å². The molecule has 4 aromatic rings. The first-order chi connectivity index (χ1) is 13.1. The first-order valence-electron chi connectivity index (χ1n) is 8.84. The number of carbonyl (C=O) groups is 1. The standard InChI is InChI=1S/C22H20N4O/c1-14-5-3-4-6-18(14)21-10-17-9-16(7-8-20(17)26-21)11-24-22(27)19-12-23-13-25-15(19)2/h3-10,12-13,26H,11H2,1-2H3,(H,24,27). The van der Waals surface area contributed by atoms with Crippen molar-refractivity contribution in [2.75, 3.05) is 0 Å². The number of H-pyrrole nitrogens is 1. The van der Waals surface area contributed by atoms with Gasteiger partial charge in [0, 0.05) is 34.9 Å². The summed E-state index contributed by atoms with van der Waals surface area (Å²) in [5.74, 6) is -0.164. The van der Waals surface area contributed by atoms with Gasteiger partial charge in [0.25, 0.3) is 5.91 Å². The molecule has 0 aliphatic carbocycles. The zero-order valence-corrected chi connectivity index (χ0v) is 15.3. The maximum absolute atomic E-state index is 12.3. The zero-order valence-electron chi connectivity index (χ0n) is 15.3. The average Bonchev–Trinajstić information content (AvgIpc) is 3.10. The molecule has 0 atom stereocenters. The summed E-state index contributed by atoms with van der Waals surface area (Å²) >= 11 is 0. The van der Waals surface area contributed by atoms with E-state index < -0.39 is 0 Å². The third-order valence-electron chi connectivity index (χ3n) is 4.73. The molecule has 0 fully saturated rings. The SMILES string of the molecule is Cc1ccccc1-c1cc2cc(CNC(=O)c3cncnc3C)ccc2[nH]1. The molecule has 2 aromatic carbocycles. The zero-order chi connectivity index (χ0) is 18.8. The van der Waals surface area contributed by atoms with Crippen LogP contribution < -0.4 is 5.32 Å². The molecule has 5 heteroatoms. The van der Waals surface area contributed by atoms with Crippen molar-refractivity contribution >= 4 is 16.8 Å². The lowest BCUT2D eigenvalue weighted by Gasteiger charge is -2.06. The normalized spacial score (nSPS) is 10.9. The summed E-state index contributed by atoms with van der Waals surface area (Å²) in [6.45, 7) is 4.36. The van der Waals surface area contributed by atoms with E-state index in [0.717, 1.165) is 22.2 Å². The Morgan fingerprint density at radius 1 is 1.11 bits per heavy atom. The van der Waals surface area contributed by atoms with Gasteiger partial charge in [-0.25, -0.2) is 9.97 Å². The van der Waals surface area contributed by atoms with Crippen LogP contribution in [-0.2, 0) is 6.54 Å². The fourth-order valence-corrected chi connectivity index (χ4v) is 3.20. The number of aryl methyl sites for hydroxylation is 2. The van der Waals surface area contributed by atoms with Gasteiger partial charge >= 0.3 is 0 Å². The van der Waals surface area contributed by atoms with Crippen LogP contribution >= 0.6 is 0 Å². The minimum atomic E-state index is -0.164. The smallest absolute Gasteiger partial charge is 0.254 e. The topological polar surface area (TPSA) is 70.7 Å². The Bertz CT molecular complexity index is 1130. The van der Waals surface area contributed by atoms with Crippen LogP contribution in [0.3, 0.4) is 0 Å². The second-order valence-corrected chi connectivity index (χ2v) is 6.62. The summed E-state index contributed by atoms with van der Waals surface area (Å²) in [7, 11) is 0. The number of fused-ring (bicyclic) bond motifs is 1. The molecule has 1 amide bonds. The second-order valence-electron chi connectivity index (χ2n) is 6.62.